The van der Waals surface area contributed by atoms with Crippen molar-refractivity contribution < 1.29 is 14.3 Å². The van der Waals surface area contributed by atoms with Crippen LogP contribution in [0, 0.1) is 0 Å². The summed E-state index contributed by atoms with van der Waals surface area (Å²) in [4.78, 5) is 17.0. The summed E-state index contributed by atoms with van der Waals surface area (Å²) in [5.74, 6) is 1.78. The number of para-hydroxylation sites is 1. The first-order chi connectivity index (χ1) is 14.7. The number of nitrogens with zero attached hydrogens (tertiary/aromatic N) is 4. The van der Waals surface area contributed by atoms with Crippen LogP contribution in [0.1, 0.15) is 10.4 Å². The summed E-state index contributed by atoms with van der Waals surface area (Å²) in [7, 11) is 3.11. The Hall–Kier alpha value is -3.61. The number of methoxy groups -OCH3 is 2. The van der Waals surface area contributed by atoms with Crippen LogP contribution in [0.25, 0.3) is 11.3 Å². The molecule has 30 heavy (non-hydrogen) atoms. The lowest BCUT2D eigenvalue weighted by Gasteiger charge is -2.35. The standard InChI is InChI=1S/C23H24N4O3/c1-29-20-10-6-9-18(22(20)30-2)23(28)27-15-13-26(14-16-27)21-12-11-19(24-25-21)17-7-4-3-5-8-17/h3-12H,13-16H2,1-2H3. The highest BCUT2D eigenvalue weighted by Gasteiger charge is 2.26. The fourth-order valence-corrected chi connectivity index (χ4v) is 3.62. The topological polar surface area (TPSA) is 67.8 Å². The van der Waals surface area contributed by atoms with Gasteiger partial charge in [0, 0.05) is 31.7 Å². The highest BCUT2D eigenvalue weighted by atomic mass is 16.5. The Morgan fingerprint density at radius 1 is 0.833 bits per heavy atom. The molecule has 3 aromatic rings. The number of amides is 1. The quantitative estimate of drug-likeness (QED) is 0.651. The van der Waals surface area contributed by atoms with Crippen molar-refractivity contribution in [1.29, 1.82) is 0 Å². The molecule has 1 saturated heterocycles. The maximum atomic E-state index is 13.0. The molecule has 0 radical (unpaired) electrons. The molecule has 154 valence electrons. The van der Waals surface area contributed by atoms with Crippen molar-refractivity contribution >= 4 is 11.7 Å². The molecule has 0 bridgehead atoms. The molecule has 0 aliphatic carbocycles. The summed E-state index contributed by atoms with van der Waals surface area (Å²) in [5.41, 5.74) is 2.40. The monoisotopic (exact) mass is 404 g/mol. The van der Waals surface area contributed by atoms with Gasteiger partial charge in [-0.25, -0.2) is 0 Å². The van der Waals surface area contributed by atoms with E-state index in [1.54, 1.807) is 32.4 Å². The smallest absolute Gasteiger partial charge is 0.257 e. The average molecular weight is 404 g/mol. The molecule has 0 N–H and O–H groups in total. The van der Waals surface area contributed by atoms with Crippen LogP contribution in [-0.4, -0.2) is 61.4 Å². The molecule has 2 heterocycles. The van der Waals surface area contributed by atoms with Crippen molar-refractivity contribution in [3.8, 4) is 22.8 Å². The van der Waals surface area contributed by atoms with Gasteiger partial charge in [0.15, 0.2) is 17.3 Å². The minimum Gasteiger partial charge on any atom is -0.493 e. The first-order valence-corrected chi connectivity index (χ1v) is 9.85. The van der Waals surface area contributed by atoms with E-state index in [0.717, 1.165) is 17.1 Å². The third-order valence-electron chi connectivity index (χ3n) is 5.24. The van der Waals surface area contributed by atoms with E-state index < -0.39 is 0 Å². The largest absolute Gasteiger partial charge is 0.493 e. The van der Waals surface area contributed by atoms with Crippen molar-refractivity contribution in [3.63, 3.8) is 0 Å². The predicted octanol–water partition coefficient (Wildman–Crippen LogP) is 3.12. The fourth-order valence-electron chi connectivity index (χ4n) is 3.62. The fraction of sp³-hybridized carbons (Fsp3) is 0.261. The van der Waals surface area contributed by atoms with E-state index >= 15 is 0 Å². The Balaban J connectivity index is 1.42. The van der Waals surface area contributed by atoms with E-state index in [0.29, 0.717) is 43.2 Å². The molecule has 1 fully saturated rings. The van der Waals surface area contributed by atoms with Crippen molar-refractivity contribution in [3.05, 3.63) is 66.2 Å². The Labute approximate surface area is 175 Å². The third kappa shape index (κ3) is 3.91. The molecule has 1 aliphatic heterocycles. The zero-order chi connectivity index (χ0) is 20.9. The molecule has 2 aromatic carbocycles. The Morgan fingerprint density at radius 2 is 1.60 bits per heavy atom. The van der Waals surface area contributed by atoms with Crippen LogP contribution >= 0.6 is 0 Å². The molecule has 0 saturated carbocycles. The number of carbonyl (C=O) groups excluding carboxylic acids is 1. The van der Waals surface area contributed by atoms with Gasteiger partial charge in [-0.1, -0.05) is 36.4 Å². The SMILES string of the molecule is COc1cccc(C(=O)N2CCN(c3ccc(-c4ccccc4)nn3)CC2)c1OC. The summed E-state index contributed by atoms with van der Waals surface area (Å²) in [6.07, 6.45) is 0. The van der Waals surface area contributed by atoms with Gasteiger partial charge in [-0.2, -0.15) is 0 Å². The maximum Gasteiger partial charge on any atom is 0.257 e. The number of piperazine rings is 1. The first kappa shape index (κ1) is 19.7. The van der Waals surface area contributed by atoms with Gasteiger partial charge in [0.25, 0.3) is 5.91 Å². The number of hydrogen-bond acceptors (Lipinski definition) is 6. The molecule has 4 rings (SSSR count). The Morgan fingerprint density at radius 3 is 2.23 bits per heavy atom. The highest BCUT2D eigenvalue weighted by Crippen LogP contribution is 2.31. The number of anilines is 1. The zero-order valence-electron chi connectivity index (χ0n) is 17.1. The van der Waals surface area contributed by atoms with Gasteiger partial charge >= 0.3 is 0 Å². The summed E-state index contributed by atoms with van der Waals surface area (Å²) >= 11 is 0. The van der Waals surface area contributed by atoms with Gasteiger partial charge in [0.2, 0.25) is 0 Å². The molecule has 0 atom stereocenters. The predicted molar refractivity (Wildman–Crippen MR) is 115 cm³/mol. The van der Waals surface area contributed by atoms with Gasteiger partial charge in [0.1, 0.15) is 0 Å². The van der Waals surface area contributed by atoms with Crippen LogP contribution in [0.4, 0.5) is 5.82 Å². The van der Waals surface area contributed by atoms with Crippen molar-refractivity contribution in [2.24, 2.45) is 0 Å². The molecule has 1 aliphatic rings. The molecule has 0 unspecified atom stereocenters. The van der Waals surface area contributed by atoms with Gasteiger partial charge in [0.05, 0.1) is 25.5 Å². The van der Waals surface area contributed by atoms with Gasteiger partial charge < -0.3 is 19.3 Å². The number of benzene rings is 2. The van der Waals surface area contributed by atoms with E-state index in [4.69, 9.17) is 9.47 Å². The normalized spacial score (nSPS) is 13.8. The Kier molecular flexibility index (Phi) is 5.79. The molecule has 1 amide bonds. The van der Waals surface area contributed by atoms with E-state index in [-0.39, 0.29) is 5.91 Å². The van der Waals surface area contributed by atoms with E-state index in [1.807, 2.05) is 47.4 Å². The van der Waals surface area contributed by atoms with Crippen molar-refractivity contribution in [2.45, 2.75) is 0 Å². The zero-order valence-corrected chi connectivity index (χ0v) is 17.1. The summed E-state index contributed by atoms with van der Waals surface area (Å²) in [6.45, 7) is 2.58. The maximum absolute atomic E-state index is 13.0. The van der Waals surface area contributed by atoms with Crippen molar-refractivity contribution in [2.75, 3.05) is 45.3 Å². The number of aromatic nitrogens is 2. The van der Waals surface area contributed by atoms with Crippen molar-refractivity contribution in [1.82, 2.24) is 15.1 Å². The second-order valence-corrected chi connectivity index (χ2v) is 6.96. The first-order valence-electron chi connectivity index (χ1n) is 9.85. The lowest BCUT2D eigenvalue weighted by Crippen LogP contribution is -2.49. The third-order valence-corrected chi connectivity index (χ3v) is 5.24. The van der Waals surface area contributed by atoms with Crippen LogP contribution in [0.2, 0.25) is 0 Å². The van der Waals surface area contributed by atoms with Crippen LogP contribution in [0.5, 0.6) is 11.5 Å². The average Bonchev–Trinajstić information content (AvgIpc) is 2.83. The Bertz CT molecular complexity index is 1000. The lowest BCUT2D eigenvalue weighted by atomic mass is 10.1. The summed E-state index contributed by atoms with van der Waals surface area (Å²) in [5, 5.41) is 8.76. The number of rotatable bonds is 5. The van der Waals surface area contributed by atoms with Gasteiger partial charge in [-0.3, -0.25) is 4.79 Å². The number of carbonyl (C=O) groups is 1. The minimum atomic E-state index is -0.0593. The molecule has 7 nitrogen and oxygen atoms in total. The minimum absolute atomic E-state index is 0.0593. The van der Waals surface area contributed by atoms with Crippen LogP contribution in [0.3, 0.4) is 0 Å². The summed E-state index contributed by atoms with van der Waals surface area (Å²) in [6, 6.07) is 19.3. The number of ether oxygens (including phenoxy) is 2. The van der Waals surface area contributed by atoms with E-state index in [1.165, 1.54) is 0 Å². The van der Waals surface area contributed by atoms with Crippen LogP contribution < -0.4 is 14.4 Å². The van der Waals surface area contributed by atoms with Crippen LogP contribution in [-0.2, 0) is 0 Å². The second kappa shape index (κ2) is 8.82. The second-order valence-electron chi connectivity index (χ2n) is 6.96. The molecule has 7 heteroatoms. The molecule has 0 spiro atoms. The van der Waals surface area contributed by atoms with E-state index in [9.17, 15) is 4.79 Å². The molecular weight excluding hydrogens is 380 g/mol. The summed E-state index contributed by atoms with van der Waals surface area (Å²) < 4.78 is 10.7. The number of hydrogen-bond donors (Lipinski definition) is 0. The highest BCUT2D eigenvalue weighted by molar-refractivity contribution is 5.98. The molecule has 1 aromatic heterocycles. The van der Waals surface area contributed by atoms with Gasteiger partial charge in [-0.05, 0) is 24.3 Å². The van der Waals surface area contributed by atoms with Gasteiger partial charge in [-0.15, -0.1) is 10.2 Å². The van der Waals surface area contributed by atoms with Crippen LogP contribution in [0.15, 0.2) is 60.7 Å². The lowest BCUT2D eigenvalue weighted by molar-refractivity contribution is 0.0742. The van der Waals surface area contributed by atoms with E-state index in [2.05, 4.69) is 15.1 Å². The molecular formula is C23H24N4O3.